The summed E-state index contributed by atoms with van der Waals surface area (Å²) in [6, 6.07) is 1.60. The second-order valence-electron chi connectivity index (χ2n) is 6.87. The van der Waals surface area contributed by atoms with Gasteiger partial charge in [-0.2, -0.15) is 0 Å². The van der Waals surface area contributed by atoms with Crippen molar-refractivity contribution < 1.29 is 0 Å². The van der Waals surface area contributed by atoms with E-state index >= 15 is 0 Å². The van der Waals surface area contributed by atoms with Crippen molar-refractivity contribution in [2.24, 2.45) is 10.8 Å². The standard InChI is InChI=1S/C13H25N/c1-12(2)7-5-6-10(8-12)14-11-9-13(11,3)4/h10-11,14H,5-9H2,1-4H3. The van der Waals surface area contributed by atoms with Crippen molar-refractivity contribution in [3.8, 4) is 0 Å². The van der Waals surface area contributed by atoms with Gasteiger partial charge in [-0.15, -0.1) is 0 Å². The first-order valence-electron chi connectivity index (χ1n) is 6.15. The van der Waals surface area contributed by atoms with Crippen LogP contribution >= 0.6 is 0 Å². The van der Waals surface area contributed by atoms with E-state index in [0.717, 1.165) is 12.1 Å². The number of hydrogen-bond acceptors (Lipinski definition) is 1. The van der Waals surface area contributed by atoms with E-state index in [1.807, 2.05) is 0 Å². The molecule has 2 rings (SSSR count). The summed E-state index contributed by atoms with van der Waals surface area (Å²) in [6.45, 7) is 9.58. The van der Waals surface area contributed by atoms with Gasteiger partial charge in [-0.25, -0.2) is 0 Å². The molecule has 14 heavy (non-hydrogen) atoms. The molecule has 2 unspecified atom stereocenters. The molecule has 0 aliphatic heterocycles. The molecule has 0 amide bonds. The molecule has 2 atom stereocenters. The predicted octanol–water partition coefficient (Wildman–Crippen LogP) is 3.34. The van der Waals surface area contributed by atoms with Crippen LogP contribution in [0.25, 0.3) is 0 Å². The number of hydrogen-bond donors (Lipinski definition) is 1. The molecular formula is C13H25N. The van der Waals surface area contributed by atoms with Crippen LogP contribution in [0.1, 0.15) is 59.8 Å². The van der Waals surface area contributed by atoms with Gasteiger partial charge < -0.3 is 5.32 Å². The smallest absolute Gasteiger partial charge is 0.0127 e. The van der Waals surface area contributed by atoms with Crippen LogP contribution in [-0.2, 0) is 0 Å². The fraction of sp³-hybridized carbons (Fsp3) is 1.00. The summed E-state index contributed by atoms with van der Waals surface area (Å²) in [6.07, 6.45) is 6.98. The first-order chi connectivity index (χ1) is 6.39. The van der Waals surface area contributed by atoms with E-state index in [9.17, 15) is 0 Å². The molecule has 1 heteroatoms. The molecule has 0 aromatic heterocycles. The van der Waals surface area contributed by atoms with E-state index in [1.165, 1.54) is 32.1 Å². The first-order valence-corrected chi connectivity index (χ1v) is 6.15. The second kappa shape index (κ2) is 3.23. The Labute approximate surface area is 88.7 Å². The summed E-state index contributed by atoms with van der Waals surface area (Å²) in [5, 5.41) is 3.84. The molecule has 1 N–H and O–H groups in total. The lowest BCUT2D eigenvalue weighted by atomic mass is 9.75. The Morgan fingerprint density at radius 3 is 2.21 bits per heavy atom. The van der Waals surface area contributed by atoms with Gasteiger partial charge in [0, 0.05) is 12.1 Å². The van der Waals surface area contributed by atoms with Crippen molar-refractivity contribution in [3.63, 3.8) is 0 Å². The van der Waals surface area contributed by atoms with Gasteiger partial charge >= 0.3 is 0 Å². The maximum absolute atomic E-state index is 3.84. The monoisotopic (exact) mass is 195 g/mol. The highest BCUT2D eigenvalue weighted by molar-refractivity contribution is 5.03. The Morgan fingerprint density at radius 2 is 1.71 bits per heavy atom. The molecule has 0 aromatic rings. The third-order valence-corrected chi connectivity index (χ3v) is 4.16. The molecular weight excluding hydrogens is 170 g/mol. The van der Waals surface area contributed by atoms with Crippen LogP contribution in [0.3, 0.4) is 0 Å². The third-order valence-electron chi connectivity index (χ3n) is 4.16. The maximum Gasteiger partial charge on any atom is 0.0127 e. The molecule has 2 saturated carbocycles. The van der Waals surface area contributed by atoms with Gasteiger partial charge in [-0.3, -0.25) is 0 Å². The molecule has 0 heterocycles. The van der Waals surface area contributed by atoms with Gasteiger partial charge in [0.05, 0.1) is 0 Å². The lowest BCUT2D eigenvalue weighted by Gasteiger charge is -2.36. The summed E-state index contributed by atoms with van der Waals surface area (Å²) in [5.41, 5.74) is 1.16. The molecule has 2 fully saturated rings. The lowest BCUT2D eigenvalue weighted by Crippen LogP contribution is -2.39. The number of nitrogens with one attached hydrogen (secondary N) is 1. The maximum atomic E-state index is 3.84. The normalized spacial score (nSPS) is 39.4. The van der Waals surface area contributed by atoms with Crippen LogP contribution in [0, 0.1) is 10.8 Å². The average Bonchev–Trinajstić information content (AvgIpc) is 2.55. The Bertz CT molecular complexity index is 217. The van der Waals surface area contributed by atoms with Gasteiger partial charge in [-0.1, -0.05) is 34.1 Å². The van der Waals surface area contributed by atoms with Crippen LogP contribution in [0.2, 0.25) is 0 Å². The van der Waals surface area contributed by atoms with E-state index in [0.29, 0.717) is 10.8 Å². The molecule has 82 valence electrons. The fourth-order valence-electron chi connectivity index (χ4n) is 2.88. The Morgan fingerprint density at radius 1 is 1.07 bits per heavy atom. The van der Waals surface area contributed by atoms with Crippen molar-refractivity contribution in [1.82, 2.24) is 5.32 Å². The zero-order valence-corrected chi connectivity index (χ0v) is 10.2. The van der Waals surface area contributed by atoms with Gasteiger partial charge in [0.1, 0.15) is 0 Å². The van der Waals surface area contributed by atoms with Crippen LogP contribution in [0.5, 0.6) is 0 Å². The summed E-state index contributed by atoms with van der Waals surface area (Å²) in [7, 11) is 0. The zero-order chi connectivity index (χ0) is 10.4. The highest BCUT2D eigenvalue weighted by atomic mass is 15.0. The Kier molecular flexibility index (Phi) is 2.42. The van der Waals surface area contributed by atoms with E-state index in [2.05, 4.69) is 33.0 Å². The predicted molar refractivity (Wildman–Crippen MR) is 61.4 cm³/mol. The zero-order valence-electron chi connectivity index (χ0n) is 10.2. The average molecular weight is 195 g/mol. The van der Waals surface area contributed by atoms with Gasteiger partial charge in [0.2, 0.25) is 0 Å². The first kappa shape index (κ1) is 10.5. The Hall–Kier alpha value is -0.0400. The van der Waals surface area contributed by atoms with Gasteiger partial charge in [0.15, 0.2) is 0 Å². The minimum atomic E-state index is 0.578. The van der Waals surface area contributed by atoms with Gasteiger partial charge in [0.25, 0.3) is 0 Å². The lowest BCUT2D eigenvalue weighted by molar-refractivity contribution is 0.194. The number of rotatable bonds is 2. The largest absolute Gasteiger partial charge is 0.311 e. The molecule has 1 nitrogen and oxygen atoms in total. The van der Waals surface area contributed by atoms with E-state index in [-0.39, 0.29) is 0 Å². The molecule has 2 aliphatic carbocycles. The molecule has 2 aliphatic rings. The summed E-state index contributed by atoms with van der Waals surface area (Å²) in [4.78, 5) is 0. The minimum absolute atomic E-state index is 0.578. The van der Waals surface area contributed by atoms with Crippen molar-refractivity contribution in [3.05, 3.63) is 0 Å². The summed E-state index contributed by atoms with van der Waals surface area (Å²) >= 11 is 0. The fourth-order valence-corrected chi connectivity index (χ4v) is 2.88. The molecule has 0 bridgehead atoms. The van der Waals surface area contributed by atoms with Crippen molar-refractivity contribution in [2.75, 3.05) is 0 Å². The van der Waals surface area contributed by atoms with E-state index in [4.69, 9.17) is 0 Å². The van der Waals surface area contributed by atoms with E-state index in [1.54, 1.807) is 0 Å². The van der Waals surface area contributed by atoms with Crippen LogP contribution < -0.4 is 5.32 Å². The SMILES string of the molecule is CC1(C)CCCC(NC2CC2(C)C)C1. The molecule has 0 radical (unpaired) electrons. The topological polar surface area (TPSA) is 12.0 Å². The van der Waals surface area contributed by atoms with Crippen molar-refractivity contribution in [2.45, 2.75) is 71.9 Å². The molecule has 0 spiro atoms. The Balaban J connectivity index is 1.82. The highest BCUT2D eigenvalue weighted by Crippen LogP contribution is 2.46. The molecule has 0 aromatic carbocycles. The highest BCUT2D eigenvalue weighted by Gasteiger charge is 2.46. The summed E-state index contributed by atoms with van der Waals surface area (Å²) < 4.78 is 0. The minimum Gasteiger partial charge on any atom is -0.311 e. The van der Waals surface area contributed by atoms with Crippen LogP contribution in [0.15, 0.2) is 0 Å². The second-order valence-corrected chi connectivity index (χ2v) is 6.87. The van der Waals surface area contributed by atoms with Crippen LogP contribution in [-0.4, -0.2) is 12.1 Å². The van der Waals surface area contributed by atoms with Crippen molar-refractivity contribution in [1.29, 1.82) is 0 Å². The van der Waals surface area contributed by atoms with Crippen molar-refractivity contribution >= 4 is 0 Å². The van der Waals surface area contributed by atoms with Gasteiger partial charge in [-0.05, 0) is 36.5 Å². The molecule has 0 saturated heterocycles. The third kappa shape index (κ3) is 2.31. The van der Waals surface area contributed by atoms with Crippen LogP contribution in [0.4, 0.5) is 0 Å². The quantitative estimate of drug-likeness (QED) is 0.712. The van der Waals surface area contributed by atoms with E-state index < -0.39 is 0 Å². The summed E-state index contributed by atoms with van der Waals surface area (Å²) in [5.74, 6) is 0.